The van der Waals surface area contributed by atoms with E-state index >= 15 is 0 Å². The molecule has 0 aliphatic rings. The maximum absolute atomic E-state index is 11.3. The van der Waals surface area contributed by atoms with Crippen LogP contribution in [-0.4, -0.2) is 37.4 Å². The zero-order valence-electron chi connectivity index (χ0n) is 11.0. The van der Waals surface area contributed by atoms with E-state index in [0.29, 0.717) is 22.9 Å². The molecule has 9 heteroatoms. The Morgan fingerprint density at radius 2 is 1.90 bits per heavy atom. The number of benzene rings is 1. The first-order valence-electron chi connectivity index (χ1n) is 5.45. The Labute approximate surface area is 120 Å². The normalized spacial score (nSPS) is 11.4. The highest BCUT2D eigenvalue weighted by atomic mass is 35.7. The number of hydrogen-bond acceptors (Lipinski definition) is 6. The molecule has 2 rings (SSSR count). The van der Waals surface area contributed by atoms with Crippen LogP contribution in [0.3, 0.4) is 0 Å². The Hall–Kier alpha value is -1.80. The van der Waals surface area contributed by atoms with Crippen molar-refractivity contribution in [3.05, 3.63) is 18.2 Å². The van der Waals surface area contributed by atoms with E-state index in [-0.39, 0.29) is 5.16 Å². The maximum Gasteiger partial charge on any atom is 0.296 e. The van der Waals surface area contributed by atoms with E-state index in [2.05, 4.69) is 10.2 Å². The molecule has 0 aliphatic carbocycles. The van der Waals surface area contributed by atoms with Crippen LogP contribution in [0.1, 0.15) is 0 Å². The van der Waals surface area contributed by atoms with Crippen LogP contribution in [0.5, 0.6) is 11.5 Å². The molecule has 7 nitrogen and oxygen atoms in total. The topological polar surface area (TPSA) is 83.3 Å². The summed E-state index contributed by atoms with van der Waals surface area (Å²) in [5.74, 6) is 1.42. The van der Waals surface area contributed by atoms with E-state index in [1.165, 1.54) is 25.8 Å². The summed E-state index contributed by atoms with van der Waals surface area (Å²) in [6.45, 7) is 0. The van der Waals surface area contributed by atoms with Crippen molar-refractivity contribution in [2.24, 2.45) is 7.05 Å². The number of aromatic nitrogens is 3. The Morgan fingerprint density at radius 1 is 1.20 bits per heavy atom. The first-order valence-corrected chi connectivity index (χ1v) is 7.76. The summed E-state index contributed by atoms with van der Waals surface area (Å²) in [6, 6.07) is 5.08. The van der Waals surface area contributed by atoms with Crippen molar-refractivity contribution in [2.75, 3.05) is 14.2 Å². The number of rotatable bonds is 4. The third-order valence-electron chi connectivity index (χ3n) is 2.70. The molecule has 0 atom stereocenters. The van der Waals surface area contributed by atoms with Crippen molar-refractivity contribution in [1.29, 1.82) is 0 Å². The van der Waals surface area contributed by atoms with E-state index in [4.69, 9.17) is 20.2 Å². The first-order chi connectivity index (χ1) is 9.38. The van der Waals surface area contributed by atoms with E-state index < -0.39 is 9.05 Å². The Morgan fingerprint density at radius 3 is 2.40 bits per heavy atom. The smallest absolute Gasteiger partial charge is 0.296 e. The SMILES string of the molecule is COc1ccc(-c2nnc(S(=O)(=O)Cl)n2C)c(OC)c1. The Bertz CT molecular complexity index is 742. The summed E-state index contributed by atoms with van der Waals surface area (Å²) < 4.78 is 34.3. The van der Waals surface area contributed by atoms with Crippen LogP contribution in [0, 0.1) is 0 Å². The van der Waals surface area contributed by atoms with Gasteiger partial charge in [0.2, 0.25) is 0 Å². The van der Waals surface area contributed by atoms with Gasteiger partial charge in [-0.15, -0.1) is 10.2 Å². The monoisotopic (exact) mass is 317 g/mol. The number of halogens is 1. The van der Waals surface area contributed by atoms with Crippen LogP contribution < -0.4 is 9.47 Å². The second-order valence-corrected chi connectivity index (χ2v) is 6.33. The van der Waals surface area contributed by atoms with Crippen LogP contribution in [-0.2, 0) is 16.1 Å². The molecule has 0 fully saturated rings. The van der Waals surface area contributed by atoms with Gasteiger partial charge in [0.05, 0.1) is 19.8 Å². The predicted molar refractivity (Wildman–Crippen MR) is 72.6 cm³/mol. The molecule has 108 valence electrons. The van der Waals surface area contributed by atoms with Gasteiger partial charge in [-0.05, 0) is 12.1 Å². The number of methoxy groups -OCH3 is 2. The minimum absolute atomic E-state index is 0.323. The summed E-state index contributed by atoms with van der Waals surface area (Å²) in [6.07, 6.45) is 0. The van der Waals surface area contributed by atoms with Crippen molar-refractivity contribution in [3.8, 4) is 22.9 Å². The standard InChI is InChI=1S/C11H12ClN3O4S/c1-15-10(13-14-11(15)20(12,16)17)8-5-4-7(18-2)6-9(8)19-3/h4-6H,1-3H3. The van der Waals surface area contributed by atoms with E-state index in [1.54, 1.807) is 18.2 Å². The molecule has 20 heavy (non-hydrogen) atoms. The summed E-state index contributed by atoms with van der Waals surface area (Å²) in [4.78, 5) is 0. The molecule has 1 aromatic carbocycles. The van der Waals surface area contributed by atoms with Crippen molar-refractivity contribution in [1.82, 2.24) is 14.8 Å². The number of hydrogen-bond donors (Lipinski definition) is 0. The molecule has 1 aromatic heterocycles. The molecule has 0 saturated heterocycles. The molecule has 0 N–H and O–H groups in total. The summed E-state index contributed by atoms with van der Waals surface area (Å²) in [5, 5.41) is 7.11. The minimum atomic E-state index is -3.96. The van der Waals surface area contributed by atoms with Crippen molar-refractivity contribution < 1.29 is 17.9 Å². The van der Waals surface area contributed by atoms with Gasteiger partial charge in [-0.3, -0.25) is 4.57 Å². The van der Waals surface area contributed by atoms with Crippen LogP contribution in [0.15, 0.2) is 23.4 Å². The molecule has 2 aromatic rings. The molecule has 0 bridgehead atoms. The fourth-order valence-electron chi connectivity index (χ4n) is 1.75. The van der Waals surface area contributed by atoms with Crippen LogP contribution in [0.2, 0.25) is 0 Å². The fraction of sp³-hybridized carbons (Fsp3) is 0.273. The molecule has 0 unspecified atom stereocenters. The summed E-state index contributed by atoms with van der Waals surface area (Å²) in [5.41, 5.74) is 0.579. The fourth-order valence-corrected chi connectivity index (χ4v) is 2.70. The molecular weight excluding hydrogens is 306 g/mol. The van der Waals surface area contributed by atoms with E-state index in [9.17, 15) is 8.42 Å². The maximum atomic E-state index is 11.3. The van der Waals surface area contributed by atoms with Gasteiger partial charge in [-0.25, -0.2) is 8.42 Å². The first kappa shape index (κ1) is 14.6. The van der Waals surface area contributed by atoms with Gasteiger partial charge < -0.3 is 9.47 Å². The van der Waals surface area contributed by atoms with E-state index in [1.807, 2.05) is 0 Å². The van der Waals surface area contributed by atoms with Crippen LogP contribution in [0.25, 0.3) is 11.4 Å². The van der Waals surface area contributed by atoms with Gasteiger partial charge in [-0.1, -0.05) is 0 Å². The average Bonchev–Trinajstić information content (AvgIpc) is 2.79. The molecular formula is C11H12ClN3O4S. The molecule has 0 saturated carbocycles. The summed E-state index contributed by atoms with van der Waals surface area (Å²) in [7, 11) is 5.87. The molecule has 0 aliphatic heterocycles. The van der Waals surface area contributed by atoms with E-state index in [0.717, 1.165) is 0 Å². The molecule has 0 amide bonds. The van der Waals surface area contributed by atoms with Crippen molar-refractivity contribution in [2.45, 2.75) is 5.16 Å². The lowest BCUT2D eigenvalue weighted by molar-refractivity contribution is 0.395. The molecule has 0 spiro atoms. The minimum Gasteiger partial charge on any atom is -0.497 e. The lowest BCUT2D eigenvalue weighted by Gasteiger charge is -2.09. The molecule has 1 heterocycles. The van der Waals surface area contributed by atoms with Gasteiger partial charge >= 0.3 is 0 Å². The van der Waals surface area contributed by atoms with Crippen molar-refractivity contribution in [3.63, 3.8) is 0 Å². The zero-order chi connectivity index (χ0) is 14.9. The van der Waals surface area contributed by atoms with Gasteiger partial charge in [0.15, 0.2) is 5.82 Å². The quantitative estimate of drug-likeness (QED) is 0.793. The van der Waals surface area contributed by atoms with Gasteiger partial charge in [0.25, 0.3) is 14.2 Å². The largest absolute Gasteiger partial charge is 0.497 e. The second kappa shape index (κ2) is 5.29. The lowest BCUT2D eigenvalue weighted by atomic mass is 10.2. The highest BCUT2D eigenvalue weighted by molar-refractivity contribution is 8.13. The van der Waals surface area contributed by atoms with Gasteiger partial charge in [0, 0.05) is 23.8 Å². The van der Waals surface area contributed by atoms with Crippen LogP contribution in [0.4, 0.5) is 0 Å². The number of nitrogens with zero attached hydrogens (tertiary/aromatic N) is 3. The van der Waals surface area contributed by atoms with Gasteiger partial charge in [0.1, 0.15) is 11.5 Å². The summed E-state index contributed by atoms with van der Waals surface area (Å²) >= 11 is 0. The Kier molecular flexibility index (Phi) is 3.87. The highest BCUT2D eigenvalue weighted by Crippen LogP contribution is 2.32. The van der Waals surface area contributed by atoms with Crippen LogP contribution >= 0.6 is 10.7 Å². The van der Waals surface area contributed by atoms with Gasteiger partial charge in [-0.2, -0.15) is 0 Å². The van der Waals surface area contributed by atoms with Crippen molar-refractivity contribution >= 4 is 19.7 Å². The highest BCUT2D eigenvalue weighted by Gasteiger charge is 2.22. The average molecular weight is 318 g/mol. The zero-order valence-corrected chi connectivity index (χ0v) is 12.6. The third kappa shape index (κ3) is 2.56. The third-order valence-corrected chi connectivity index (χ3v) is 3.91. The molecule has 0 radical (unpaired) electrons. The predicted octanol–water partition coefficient (Wildman–Crippen LogP) is 1.43. The lowest BCUT2D eigenvalue weighted by Crippen LogP contribution is -2.03. The number of ether oxygens (including phenoxy) is 2. The second-order valence-electron chi connectivity index (χ2n) is 3.87. The Balaban J connectivity index is 2.61.